The van der Waals surface area contributed by atoms with E-state index in [0.717, 1.165) is 6.42 Å². The number of halogens is 4. The molecule has 1 atom stereocenters. The number of carbonyl (C=O) groups is 1. The molecule has 1 aliphatic heterocycles. The Labute approximate surface area is 90.1 Å². The van der Waals surface area contributed by atoms with Crippen molar-refractivity contribution in [3.63, 3.8) is 0 Å². The second-order valence-corrected chi connectivity index (χ2v) is 3.70. The van der Waals surface area contributed by atoms with Crippen LogP contribution in [-0.2, 0) is 9.53 Å². The predicted octanol–water partition coefficient (Wildman–Crippen LogP) is 1.43. The van der Waals surface area contributed by atoms with E-state index in [4.69, 9.17) is 4.74 Å². The first-order valence-corrected chi connectivity index (χ1v) is 4.96. The first kappa shape index (κ1) is 13.2. The van der Waals surface area contributed by atoms with E-state index >= 15 is 0 Å². The Balaban J connectivity index is 2.24. The maximum Gasteiger partial charge on any atom is 0.383 e. The Hall–Kier alpha value is -0.850. The fourth-order valence-corrected chi connectivity index (χ4v) is 1.42. The number of ether oxygens (including phenoxy) is 1. The van der Waals surface area contributed by atoms with Crippen molar-refractivity contribution >= 4 is 5.91 Å². The number of carbonyl (C=O) groups excluding carboxylic acids is 1. The molecule has 0 aliphatic carbocycles. The summed E-state index contributed by atoms with van der Waals surface area (Å²) >= 11 is 0. The normalized spacial score (nSPS) is 21.4. The lowest BCUT2D eigenvalue weighted by Crippen LogP contribution is -2.45. The molecule has 16 heavy (non-hydrogen) atoms. The summed E-state index contributed by atoms with van der Waals surface area (Å²) in [6, 6.07) is 0. The van der Waals surface area contributed by atoms with Gasteiger partial charge in [-0.15, -0.1) is 0 Å². The summed E-state index contributed by atoms with van der Waals surface area (Å²) in [5.74, 6) is -6.31. The molecule has 3 nitrogen and oxygen atoms in total. The van der Waals surface area contributed by atoms with Gasteiger partial charge in [0.15, 0.2) is 0 Å². The van der Waals surface area contributed by atoms with Gasteiger partial charge in [-0.2, -0.15) is 8.78 Å². The van der Waals surface area contributed by atoms with Crippen molar-refractivity contribution in [2.24, 2.45) is 5.92 Å². The van der Waals surface area contributed by atoms with E-state index in [-0.39, 0.29) is 12.5 Å². The summed E-state index contributed by atoms with van der Waals surface area (Å²) in [7, 11) is 0. The summed E-state index contributed by atoms with van der Waals surface area (Å²) < 4.78 is 53.5. The second kappa shape index (κ2) is 5.47. The van der Waals surface area contributed by atoms with Gasteiger partial charge in [-0.05, 0) is 18.8 Å². The Morgan fingerprint density at radius 1 is 1.50 bits per heavy atom. The van der Waals surface area contributed by atoms with Crippen LogP contribution in [0.3, 0.4) is 0 Å². The van der Waals surface area contributed by atoms with Crippen molar-refractivity contribution in [1.29, 1.82) is 0 Å². The predicted molar refractivity (Wildman–Crippen MR) is 47.5 cm³/mol. The minimum atomic E-state index is -4.60. The topological polar surface area (TPSA) is 38.3 Å². The van der Waals surface area contributed by atoms with Crippen molar-refractivity contribution in [3.8, 4) is 0 Å². The van der Waals surface area contributed by atoms with Crippen LogP contribution in [0.2, 0.25) is 0 Å². The molecule has 1 aliphatic rings. The molecule has 0 aromatic heterocycles. The zero-order chi connectivity index (χ0) is 12.2. The van der Waals surface area contributed by atoms with Crippen molar-refractivity contribution in [1.82, 2.24) is 5.32 Å². The maximum absolute atomic E-state index is 12.5. The maximum atomic E-state index is 12.5. The van der Waals surface area contributed by atoms with Gasteiger partial charge < -0.3 is 10.1 Å². The molecule has 1 N–H and O–H groups in total. The summed E-state index contributed by atoms with van der Waals surface area (Å²) in [6.45, 7) is 1.11. The molecule has 0 saturated carbocycles. The molecule has 1 heterocycles. The highest BCUT2D eigenvalue weighted by atomic mass is 19.3. The number of nitrogens with one attached hydrogen (secondary N) is 1. The minimum absolute atomic E-state index is 0.0326. The van der Waals surface area contributed by atoms with Gasteiger partial charge in [0.25, 0.3) is 5.91 Å². The third-order valence-corrected chi connectivity index (χ3v) is 2.44. The fraction of sp³-hybridized carbons (Fsp3) is 0.889. The van der Waals surface area contributed by atoms with E-state index in [1.807, 2.05) is 0 Å². The Morgan fingerprint density at radius 3 is 2.69 bits per heavy atom. The van der Waals surface area contributed by atoms with Crippen LogP contribution in [0.15, 0.2) is 0 Å². The van der Waals surface area contributed by atoms with Gasteiger partial charge in [-0.25, -0.2) is 8.78 Å². The fourth-order valence-electron chi connectivity index (χ4n) is 1.42. The molecule has 1 saturated heterocycles. The minimum Gasteiger partial charge on any atom is -0.381 e. The van der Waals surface area contributed by atoms with Crippen LogP contribution >= 0.6 is 0 Å². The van der Waals surface area contributed by atoms with Crippen LogP contribution in [-0.4, -0.2) is 38.0 Å². The summed E-state index contributed by atoms with van der Waals surface area (Å²) in [5, 5.41) is 1.81. The van der Waals surface area contributed by atoms with Gasteiger partial charge in [0.05, 0.1) is 0 Å². The van der Waals surface area contributed by atoms with E-state index in [2.05, 4.69) is 0 Å². The molecular weight excluding hydrogens is 230 g/mol. The van der Waals surface area contributed by atoms with Crippen molar-refractivity contribution in [3.05, 3.63) is 0 Å². The van der Waals surface area contributed by atoms with E-state index in [9.17, 15) is 22.4 Å². The highest BCUT2D eigenvalue weighted by Gasteiger charge is 2.48. The molecule has 0 aromatic rings. The molecule has 0 bridgehead atoms. The molecule has 0 spiro atoms. The summed E-state index contributed by atoms with van der Waals surface area (Å²) in [5.41, 5.74) is 0. The number of hydrogen-bond acceptors (Lipinski definition) is 2. The molecule has 94 valence electrons. The second-order valence-electron chi connectivity index (χ2n) is 3.70. The van der Waals surface area contributed by atoms with Gasteiger partial charge >= 0.3 is 12.3 Å². The Bertz CT molecular complexity index is 242. The molecule has 1 rings (SSSR count). The van der Waals surface area contributed by atoms with Crippen molar-refractivity contribution in [2.75, 3.05) is 19.8 Å². The van der Waals surface area contributed by atoms with Gasteiger partial charge in [-0.3, -0.25) is 4.79 Å². The summed E-state index contributed by atoms with van der Waals surface area (Å²) in [6.07, 6.45) is -2.70. The van der Waals surface area contributed by atoms with Crippen LogP contribution in [0.1, 0.15) is 12.8 Å². The molecular formula is C9H13F4NO2. The quantitative estimate of drug-likeness (QED) is 0.742. The van der Waals surface area contributed by atoms with Gasteiger partial charge in [0.2, 0.25) is 0 Å². The summed E-state index contributed by atoms with van der Waals surface area (Å²) in [4.78, 5) is 10.7. The number of amides is 1. The molecule has 0 aromatic carbocycles. The molecule has 0 radical (unpaired) electrons. The SMILES string of the molecule is O=C(NCCC1CCOC1)C(F)(F)C(F)F. The van der Waals surface area contributed by atoms with Crippen LogP contribution in [0.25, 0.3) is 0 Å². The first-order chi connectivity index (χ1) is 7.44. The van der Waals surface area contributed by atoms with Crippen molar-refractivity contribution < 1.29 is 27.1 Å². The third-order valence-electron chi connectivity index (χ3n) is 2.44. The lowest BCUT2D eigenvalue weighted by atomic mass is 10.1. The lowest BCUT2D eigenvalue weighted by molar-refractivity contribution is -0.169. The van der Waals surface area contributed by atoms with Gasteiger partial charge in [0, 0.05) is 19.8 Å². The van der Waals surface area contributed by atoms with Gasteiger partial charge in [-0.1, -0.05) is 0 Å². The first-order valence-electron chi connectivity index (χ1n) is 4.96. The van der Waals surface area contributed by atoms with Crippen molar-refractivity contribution in [2.45, 2.75) is 25.2 Å². The lowest BCUT2D eigenvalue weighted by Gasteiger charge is -2.15. The van der Waals surface area contributed by atoms with E-state index in [0.29, 0.717) is 19.6 Å². The number of alkyl halides is 4. The van der Waals surface area contributed by atoms with Gasteiger partial charge in [0.1, 0.15) is 0 Å². The molecule has 7 heteroatoms. The monoisotopic (exact) mass is 243 g/mol. The average Bonchev–Trinajstić information content (AvgIpc) is 2.70. The van der Waals surface area contributed by atoms with Crippen LogP contribution in [0.4, 0.5) is 17.6 Å². The molecule has 1 unspecified atom stereocenters. The Morgan fingerprint density at radius 2 is 2.19 bits per heavy atom. The zero-order valence-corrected chi connectivity index (χ0v) is 8.52. The number of rotatable bonds is 5. The van der Waals surface area contributed by atoms with Crippen LogP contribution in [0.5, 0.6) is 0 Å². The number of hydrogen-bond donors (Lipinski definition) is 1. The van der Waals surface area contributed by atoms with E-state index in [1.165, 1.54) is 0 Å². The highest BCUT2D eigenvalue weighted by Crippen LogP contribution is 2.23. The smallest absolute Gasteiger partial charge is 0.381 e. The highest BCUT2D eigenvalue weighted by molar-refractivity contribution is 5.83. The zero-order valence-electron chi connectivity index (χ0n) is 8.52. The third kappa shape index (κ3) is 3.33. The molecule has 1 amide bonds. The standard InChI is InChI=1S/C9H13F4NO2/c10-7(11)9(12,13)8(15)14-3-1-6-2-4-16-5-6/h6-7H,1-5H2,(H,14,15). The van der Waals surface area contributed by atoms with E-state index in [1.54, 1.807) is 5.32 Å². The average molecular weight is 243 g/mol. The van der Waals surface area contributed by atoms with Crippen LogP contribution in [0, 0.1) is 5.92 Å². The van der Waals surface area contributed by atoms with Crippen LogP contribution < -0.4 is 5.32 Å². The molecule has 1 fully saturated rings. The van der Waals surface area contributed by atoms with E-state index < -0.39 is 18.3 Å². The largest absolute Gasteiger partial charge is 0.383 e. The Kier molecular flexibility index (Phi) is 4.52.